The lowest BCUT2D eigenvalue weighted by Gasteiger charge is -2.34. The lowest BCUT2D eigenvalue weighted by Crippen LogP contribution is -2.43. The van der Waals surface area contributed by atoms with Crippen LogP contribution in [-0.4, -0.2) is 41.6 Å². The summed E-state index contributed by atoms with van der Waals surface area (Å²) >= 11 is 0. The molecule has 0 saturated carbocycles. The third-order valence-corrected chi connectivity index (χ3v) is 4.29. The Labute approximate surface area is 137 Å². The molecule has 1 atom stereocenters. The Kier molecular flexibility index (Phi) is 5.65. The highest BCUT2D eigenvalue weighted by Gasteiger charge is 2.30. The highest BCUT2D eigenvalue weighted by atomic mass is 16.6. The molecule has 2 rings (SSSR count). The molecule has 23 heavy (non-hydrogen) atoms. The molecule has 0 N–H and O–H groups in total. The van der Waals surface area contributed by atoms with Crippen molar-refractivity contribution < 1.29 is 23.9 Å². The van der Waals surface area contributed by atoms with Crippen LogP contribution in [-0.2, 0) is 19.1 Å². The molecule has 6 heteroatoms. The van der Waals surface area contributed by atoms with Crippen LogP contribution in [0.3, 0.4) is 0 Å². The molecule has 2 aliphatic rings. The monoisotopic (exact) mass is 325 g/mol. The van der Waals surface area contributed by atoms with Crippen molar-refractivity contribution in [2.24, 2.45) is 11.8 Å². The summed E-state index contributed by atoms with van der Waals surface area (Å²) < 4.78 is 9.99. The molecule has 0 aromatic heterocycles. The van der Waals surface area contributed by atoms with Crippen LogP contribution in [0.4, 0.5) is 4.79 Å². The molecule has 2 fully saturated rings. The summed E-state index contributed by atoms with van der Waals surface area (Å²) in [6.07, 6.45) is 4.19. The van der Waals surface area contributed by atoms with E-state index in [9.17, 15) is 14.4 Å². The van der Waals surface area contributed by atoms with E-state index < -0.39 is 17.5 Å². The van der Waals surface area contributed by atoms with Crippen LogP contribution >= 0.6 is 0 Å². The molecule has 0 aromatic rings. The van der Waals surface area contributed by atoms with Crippen molar-refractivity contribution >= 4 is 18.0 Å². The van der Waals surface area contributed by atoms with Gasteiger partial charge in [-0.25, -0.2) is 4.79 Å². The van der Waals surface area contributed by atoms with E-state index in [1.54, 1.807) is 4.90 Å². The first-order valence-corrected chi connectivity index (χ1v) is 8.44. The number of hydrogen-bond donors (Lipinski definition) is 0. The molecule has 2 saturated heterocycles. The molecule has 6 nitrogen and oxygen atoms in total. The van der Waals surface area contributed by atoms with Crippen molar-refractivity contribution in [3.8, 4) is 0 Å². The SMILES string of the molecule is CC(C)(C)OC(=O)N1CCCC(CCC2CC(=O)OC(=O)C2)C1. The smallest absolute Gasteiger partial charge is 0.410 e. The van der Waals surface area contributed by atoms with Crippen molar-refractivity contribution in [3.63, 3.8) is 0 Å². The summed E-state index contributed by atoms with van der Waals surface area (Å²) in [7, 11) is 0. The van der Waals surface area contributed by atoms with E-state index in [4.69, 9.17) is 4.74 Å². The molecule has 1 amide bonds. The second kappa shape index (κ2) is 7.32. The van der Waals surface area contributed by atoms with Crippen LogP contribution in [0.5, 0.6) is 0 Å². The van der Waals surface area contributed by atoms with Gasteiger partial charge in [-0.05, 0) is 58.3 Å². The van der Waals surface area contributed by atoms with Gasteiger partial charge in [-0.3, -0.25) is 9.59 Å². The lowest BCUT2D eigenvalue weighted by molar-refractivity contribution is -0.165. The number of ether oxygens (including phenoxy) is 2. The summed E-state index contributed by atoms with van der Waals surface area (Å²) in [5, 5.41) is 0. The predicted molar refractivity (Wildman–Crippen MR) is 83.6 cm³/mol. The number of hydrogen-bond acceptors (Lipinski definition) is 5. The highest BCUT2D eigenvalue weighted by molar-refractivity contribution is 5.88. The van der Waals surface area contributed by atoms with E-state index in [2.05, 4.69) is 4.74 Å². The Morgan fingerprint density at radius 1 is 1.17 bits per heavy atom. The number of carbonyl (C=O) groups is 3. The van der Waals surface area contributed by atoms with Crippen LogP contribution in [0.15, 0.2) is 0 Å². The standard InChI is InChI=1S/C17H27NO5/c1-17(2,3)23-16(21)18-8-4-5-12(11-18)6-7-13-9-14(19)22-15(20)10-13/h12-13H,4-11H2,1-3H3. The zero-order valence-corrected chi connectivity index (χ0v) is 14.3. The number of likely N-dealkylation sites (tertiary alicyclic amines) is 1. The Bertz CT molecular complexity index is 452. The Morgan fingerprint density at radius 2 is 1.78 bits per heavy atom. The van der Waals surface area contributed by atoms with Gasteiger partial charge in [0.05, 0.1) is 0 Å². The number of nitrogens with zero attached hydrogens (tertiary/aromatic N) is 1. The van der Waals surface area contributed by atoms with Gasteiger partial charge in [0.1, 0.15) is 5.60 Å². The molecule has 2 aliphatic heterocycles. The molecule has 0 spiro atoms. The van der Waals surface area contributed by atoms with Crippen molar-refractivity contribution in [2.45, 2.75) is 64.9 Å². The number of amides is 1. The van der Waals surface area contributed by atoms with Gasteiger partial charge in [-0.2, -0.15) is 0 Å². The van der Waals surface area contributed by atoms with Crippen LogP contribution in [0.1, 0.15) is 59.3 Å². The van der Waals surface area contributed by atoms with E-state index in [0.29, 0.717) is 25.3 Å². The van der Waals surface area contributed by atoms with E-state index in [0.717, 1.165) is 32.2 Å². The second-order valence-electron chi connectivity index (χ2n) is 7.63. The van der Waals surface area contributed by atoms with Gasteiger partial charge in [-0.1, -0.05) is 0 Å². The van der Waals surface area contributed by atoms with Crippen molar-refractivity contribution in [1.29, 1.82) is 0 Å². The topological polar surface area (TPSA) is 72.9 Å². The predicted octanol–water partition coefficient (Wildman–Crippen LogP) is 2.89. The number of piperidine rings is 1. The maximum Gasteiger partial charge on any atom is 0.410 e. The van der Waals surface area contributed by atoms with E-state index in [-0.39, 0.29) is 12.0 Å². The van der Waals surface area contributed by atoms with Crippen LogP contribution in [0.2, 0.25) is 0 Å². The average Bonchev–Trinajstić information content (AvgIpc) is 2.43. The lowest BCUT2D eigenvalue weighted by atomic mass is 9.87. The van der Waals surface area contributed by atoms with Gasteiger partial charge in [0.15, 0.2) is 0 Å². The summed E-state index contributed by atoms with van der Waals surface area (Å²) in [6.45, 7) is 7.03. The molecule has 0 aromatic carbocycles. The van der Waals surface area contributed by atoms with Crippen molar-refractivity contribution in [3.05, 3.63) is 0 Å². The van der Waals surface area contributed by atoms with Crippen molar-refractivity contribution in [2.75, 3.05) is 13.1 Å². The van der Waals surface area contributed by atoms with Gasteiger partial charge in [0.25, 0.3) is 0 Å². The Hall–Kier alpha value is -1.59. The molecular formula is C17H27NO5. The number of carbonyl (C=O) groups excluding carboxylic acids is 3. The van der Waals surface area contributed by atoms with Crippen LogP contribution < -0.4 is 0 Å². The first-order chi connectivity index (χ1) is 10.7. The fraction of sp³-hybridized carbons (Fsp3) is 0.824. The minimum absolute atomic E-state index is 0.0839. The first-order valence-electron chi connectivity index (χ1n) is 8.44. The van der Waals surface area contributed by atoms with Gasteiger partial charge >= 0.3 is 18.0 Å². The molecule has 0 bridgehead atoms. The molecule has 130 valence electrons. The normalized spacial score (nSPS) is 23.6. The van der Waals surface area contributed by atoms with E-state index >= 15 is 0 Å². The number of rotatable bonds is 3. The first kappa shape index (κ1) is 17.8. The third-order valence-electron chi connectivity index (χ3n) is 4.29. The van der Waals surface area contributed by atoms with E-state index in [1.807, 2.05) is 20.8 Å². The third kappa shape index (κ3) is 5.84. The zero-order valence-electron chi connectivity index (χ0n) is 14.3. The van der Waals surface area contributed by atoms with Gasteiger partial charge < -0.3 is 14.4 Å². The number of esters is 2. The van der Waals surface area contributed by atoms with E-state index in [1.165, 1.54) is 0 Å². The van der Waals surface area contributed by atoms with Gasteiger partial charge in [0, 0.05) is 25.9 Å². The summed E-state index contributed by atoms with van der Waals surface area (Å²) in [6, 6.07) is 0. The average molecular weight is 325 g/mol. The van der Waals surface area contributed by atoms with Gasteiger partial charge in [-0.15, -0.1) is 0 Å². The fourth-order valence-corrected chi connectivity index (χ4v) is 3.22. The Balaban J connectivity index is 1.79. The summed E-state index contributed by atoms with van der Waals surface area (Å²) in [5.41, 5.74) is -0.479. The minimum Gasteiger partial charge on any atom is -0.444 e. The maximum atomic E-state index is 12.1. The quantitative estimate of drug-likeness (QED) is 0.589. The molecule has 1 unspecified atom stereocenters. The van der Waals surface area contributed by atoms with Crippen LogP contribution in [0.25, 0.3) is 0 Å². The minimum atomic E-state index is -0.479. The van der Waals surface area contributed by atoms with Crippen molar-refractivity contribution in [1.82, 2.24) is 4.90 Å². The summed E-state index contributed by atoms with van der Waals surface area (Å²) in [5.74, 6) is -0.333. The van der Waals surface area contributed by atoms with Crippen LogP contribution in [0, 0.1) is 11.8 Å². The molecule has 0 aliphatic carbocycles. The second-order valence-corrected chi connectivity index (χ2v) is 7.63. The maximum absolute atomic E-state index is 12.1. The highest BCUT2D eigenvalue weighted by Crippen LogP contribution is 2.28. The fourth-order valence-electron chi connectivity index (χ4n) is 3.22. The van der Waals surface area contributed by atoms with Gasteiger partial charge in [0.2, 0.25) is 0 Å². The molecular weight excluding hydrogens is 298 g/mol. The zero-order chi connectivity index (χ0) is 17.0. The molecule has 2 heterocycles. The molecule has 0 radical (unpaired) electrons. The Morgan fingerprint density at radius 3 is 2.39 bits per heavy atom. The number of cyclic esters (lactones) is 2. The summed E-state index contributed by atoms with van der Waals surface area (Å²) in [4.78, 5) is 36.5. The largest absolute Gasteiger partial charge is 0.444 e.